The zero-order valence-electron chi connectivity index (χ0n) is 20.3. The molecule has 5 rings (SSSR count). The van der Waals surface area contributed by atoms with Crippen LogP contribution >= 0.6 is 0 Å². The van der Waals surface area contributed by atoms with E-state index in [9.17, 15) is 18.0 Å². The fraction of sp³-hybridized carbons (Fsp3) is 0.680. The molecule has 1 aromatic rings. The number of sulfone groups is 1. The summed E-state index contributed by atoms with van der Waals surface area (Å²) in [5, 5.41) is 0. The zero-order valence-corrected chi connectivity index (χ0v) is 21.1. The summed E-state index contributed by atoms with van der Waals surface area (Å²) in [6.45, 7) is 6.28. The summed E-state index contributed by atoms with van der Waals surface area (Å²) in [5.74, 6) is -0.00410. The van der Waals surface area contributed by atoms with Gasteiger partial charge < -0.3 is 19.4 Å². The number of amides is 2. The molecule has 2 bridgehead atoms. The molecule has 0 saturated carbocycles. The van der Waals surface area contributed by atoms with E-state index in [0.29, 0.717) is 24.1 Å². The number of carbonyl (C=O) groups excluding carboxylic acids is 2. The van der Waals surface area contributed by atoms with E-state index >= 15 is 0 Å². The number of carbonyl (C=O) groups is 2. The number of fused-ring (bicyclic) bond motifs is 4. The third-order valence-corrected chi connectivity index (χ3v) is 9.67. The monoisotopic (exact) mass is 489 g/mol. The van der Waals surface area contributed by atoms with Crippen LogP contribution in [-0.4, -0.2) is 80.8 Å². The first-order valence-electron chi connectivity index (χ1n) is 12.4. The van der Waals surface area contributed by atoms with Crippen LogP contribution in [0.25, 0.3) is 0 Å². The second kappa shape index (κ2) is 8.52. The van der Waals surface area contributed by atoms with Gasteiger partial charge in [-0.05, 0) is 82.3 Å². The van der Waals surface area contributed by atoms with E-state index in [1.165, 1.54) is 6.26 Å². The molecule has 186 valence electrons. The molecular weight excluding hydrogens is 454 g/mol. The Morgan fingerprint density at radius 1 is 1.09 bits per heavy atom. The van der Waals surface area contributed by atoms with Gasteiger partial charge in [-0.25, -0.2) is 13.2 Å². The predicted octanol–water partition coefficient (Wildman–Crippen LogP) is 2.94. The second-order valence-electron chi connectivity index (χ2n) is 10.5. The lowest BCUT2D eigenvalue weighted by molar-refractivity contribution is -0.116. The third-order valence-electron chi connectivity index (χ3n) is 8.56. The smallest absolute Gasteiger partial charge is 0.410 e. The molecule has 8 nitrogen and oxygen atoms in total. The van der Waals surface area contributed by atoms with E-state index < -0.39 is 9.84 Å². The minimum atomic E-state index is -3.32. The van der Waals surface area contributed by atoms with Gasteiger partial charge in [0.15, 0.2) is 9.84 Å². The fourth-order valence-corrected chi connectivity index (χ4v) is 7.49. The average molecular weight is 490 g/mol. The van der Waals surface area contributed by atoms with Gasteiger partial charge in [0.05, 0.1) is 11.5 Å². The highest BCUT2D eigenvalue weighted by Gasteiger charge is 2.49. The summed E-state index contributed by atoms with van der Waals surface area (Å²) in [7, 11) is -3.32. The van der Waals surface area contributed by atoms with Crippen molar-refractivity contribution in [1.29, 1.82) is 0 Å². The Kier molecular flexibility index (Phi) is 5.91. The van der Waals surface area contributed by atoms with Gasteiger partial charge in [0.1, 0.15) is 0 Å². The molecule has 1 spiro atoms. The summed E-state index contributed by atoms with van der Waals surface area (Å²) in [6.07, 6.45) is 6.92. The molecule has 1 aromatic carbocycles. The molecule has 4 aliphatic heterocycles. The zero-order chi connectivity index (χ0) is 24.3. The molecule has 0 radical (unpaired) electrons. The molecule has 0 aromatic heterocycles. The summed E-state index contributed by atoms with van der Waals surface area (Å²) < 4.78 is 29.8. The van der Waals surface area contributed by atoms with Gasteiger partial charge in [-0.3, -0.25) is 4.79 Å². The van der Waals surface area contributed by atoms with Gasteiger partial charge in [0.2, 0.25) is 5.91 Å². The first-order valence-corrected chi connectivity index (χ1v) is 14.3. The molecule has 0 N–H and O–H groups in total. The van der Waals surface area contributed by atoms with Crippen molar-refractivity contribution >= 4 is 27.5 Å². The van der Waals surface area contributed by atoms with E-state index in [2.05, 4.69) is 4.90 Å². The van der Waals surface area contributed by atoms with E-state index in [-0.39, 0.29) is 29.5 Å². The number of piperidine rings is 2. The number of hydrogen-bond acceptors (Lipinski definition) is 6. The third kappa shape index (κ3) is 3.90. The molecule has 2 amide bonds. The Labute approximate surface area is 202 Å². The Bertz CT molecular complexity index is 1080. The number of benzene rings is 1. The van der Waals surface area contributed by atoms with Crippen molar-refractivity contribution in [3.8, 4) is 0 Å². The largest absolute Gasteiger partial charge is 0.450 e. The van der Waals surface area contributed by atoms with E-state index in [1.807, 2.05) is 16.7 Å². The van der Waals surface area contributed by atoms with Crippen molar-refractivity contribution < 1.29 is 22.7 Å². The van der Waals surface area contributed by atoms with Crippen molar-refractivity contribution in [2.75, 3.05) is 37.4 Å². The minimum Gasteiger partial charge on any atom is -0.450 e. The molecule has 34 heavy (non-hydrogen) atoms. The quantitative estimate of drug-likeness (QED) is 0.649. The van der Waals surface area contributed by atoms with Crippen molar-refractivity contribution in [3.05, 3.63) is 23.8 Å². The number of ether oxygens (including phenoxy) is 1. The minimum absolute atomic E-state index is 0.00410. The average Bonchev–Trinajstić information content (AvgIpc) is 3.25. The Morgan fingerprint density at radius 3 is 2.29 bits per heavy atom. The summed E-state index contributed by atoms with van der Waals surface area (Å²) in [6, 6.07) is 6.20. The molecule has 3 fully saturated rings. The van der Waals surface area contributed by atoms with Crippen LogP contribution in [0.15, 0.2) is 23.1 Å². The maximum atomic E-state index is 12.4. The second-order valence-corrected chi connectivity index (χ2v) is 12.5. The lowest BCUT2D eigenvalue weighted by atomic mass is 9.73. The molecule has 0 aliphatic carbocycles. The standard InChI is InChI=1S/C25H35N3O5S/c1-4-33-24(30)28-18-5-6-19(28)14-20(13-18)26-11-9-25(10-12-26)16-27(17(2)29)23-8-7-21(15-22(23)25)34(3,31)32/h7-8,15,18-20H,4-6,9-14,16H2,1-3H3. The molecule has 4 heterocycles. The lowest BCUT2D eigenvalue weighted by Gasteiger charge is -2.47. The highest BCUT2D eigenvalue weighted by molar-refractivity contribution is 7.90. The van der Waals surface area contributed by atoms with Crippen molar-refractivity contribution in [2.24, 2.45) is 0 Å². The van der Waals surface area contributed by atoms with Gasteiger partial charge in [-0.2, -0.15) is 0 Å². The first kappa shape index (κ1) is 23.6. The molecule has 2 atom stereocenters. The molecule has 9 heteroatoms. The lowest BCUT2D eigenvalue weighted by Crippen LogP contribution is -2.55. The fourth-order valence-electron chi connectivity index (χ4n) is 6.85. The highest BCUT2D eigenvalue weighted by Crippen LogP contribution is 2.49. The Balaban J connectivity index is 1.33. The van der Waals surface area contributed by atoms with Crippen LogP contribution in [0.3, 0.4) is 0 Å². The van der Waals surface area contributed by atoms with Crippen molar-refractivity contribution in [2.45, 2.75) is 80.8 Å². The van der Waals surface area contributed by atoms with Gasteiger partial charge >= 0.3 is 6.09 Å². The molecular formula is C25H35N3O5S. The van der Waals surface area contributed by atoms with E-state index in [1.54, 1.807) is 25.1 Å². The Hall–Kier alpha value is -2.13. The molecule has 3 saturated heterocycles. The van der Waals surface area contributed by atoms with Crippen LogP contribution < -0.4 is 4.90 Å². The maximum absolute atomic E-state index is 12.4. The number of rotatable bonds is 3. The highest BCUT2D eigenvalue weighted by atomic mass is 32.2. The number of likely N-dealkylation sites (tertiary alicyclic amines) is 1. The van der Waals surface area contributed by atoms with Crippen molar-refractivity contribution in [1.82, 2.24) is 9.80 Å². The van der Waals surface area contributed by atoms with Gasteiger partial charge in [0, 0.05) is 49.0 Å². The van der Waals surface area contributed by atoms with E-state index in [0.717, 1.165) is 62.9 Å². The van der Waals surface area contributed by atoms with Gasteiger partial charge in [0.25, 0.3) is 0 Å². The molecule has 2 unspecified atom stereocenters. The van der Waals surface area contributed by atoms with Crippen LogP contribution in [-0.2, 0) is 24.8 Å². The van der Waals surface area contributed by atoms with Crippen molar-refractivity contribution in [3.63, 3.8) is 0 Å². The molecule has 4 aliphatic rings. The summed E-state index contributed by atoms with van der Waals surface area (Å²) >= 11 is 0. The van der Waals surface area contributed by atoms with Gasteiger partial charge in [-0.15, -0.1) is 0 Å². The van der Waals surface area contributed by atoms with Crippen LogP contribution in [0.4, 0.5) is 10.5 Å². The predicted molar refractivity (Wildman–Crippen MR) is 129 cm³/mol. The Morgan fingerprint density at radius 2 is 1.74 bits per heavy atom. The number of hydrogen-bond donors (Lipinski definition) is 0. The van der Waals surface area contributed by atoms with Gasteiger partial charge in [-0.1, -0.05) is 0 Å². The van der Waals surface area contributed by atoms with Crippen LogP contribution in [0, 0.1) is 0 Å². The number of nitrogens with zero attached hydrogens (tertiary/aromatic N) is 3. The summed E-state index contributed by atoms with van der Waals surface area (Å²) in [5.41, 5.74) is 1.65. The topological polar surface area (TPSA) is 87.2 Å². The van der Waals surface area contributed by atoms with Crippen LogP contribution in [0.2, 0.25) is 0 Å². The normalized spacial score (nSPS) is 28.3. The number of anilines is 1. The van der Waals surface area contributed by atoms with Crippen LogP contribution in [0.5, 0.6) is 0 Å². The first-order chi connectivity index (χ1) is 16.1. The van der Waals surface area contributed by atoms with E-state index in [4.69, 9.17) is 4.74 Å². The maximum Gasteiger partial charge on any atom is 0.410 e. The van der Waals surface area contributed by atoms with Crippen LogP contribution in [0.1, 0.15) is 57.9 Å². The summed E-state index contributed by atoms with van der Waals surface area (Å²) in [4.78, 5) is 31.5. The SMILES string of the molecule is CCOC(=O)N1C2CCC1CC(N1CCC3(CC1)CN(C(C)=O)c1ccc(S(C)(=O)=O)cc13)C2.